The van der Waals surface area contributed by atoms with Gasteiger partial charge >= 0.3 is 0 Å². The molecule has 0 aliphatic rings. The van der Waals surface area contributed by atoms with Gasteiger partial charge in [0.2, 0.25) is 0 Å². The van der Waals surface area contributed by atoms with Gasteiger partial charge in [-0.05, 0) is 53.0 Å². The first-order valence-electron chi connectivity index (χ1n) is 6.60. The molecule has 0 spiro atoms. The van der Waals surface area contributed by atoms with Crippen molar-refractivity contribution in [2.24, 2.45) is 0 Å². The number of ether oxygens (including phenoxy) is 1. The first-order valence-corrected chi connectivity index (χ1v) is 7.77. The molecule has 0 unspecified atom stereocenters. The predicted molar refractivity (Wildman–Crippen MR) is 91.7 cm³/mol. The zero-order chi connectivity index (χ0) is 17.3. The number of carbonyl (C=O) groups excluding carboxylic acids is 1. The lowest BCUT2D eigenvalue weighted by Crippen LogP contribution is -2.07. The van der Waals surface area contributed by atoms with Gasteiger partial charge in [0.1, 0.15) is 5.75 Å². The zero-order valence-electron chi connectivity index (χ0n) is 12.6. The number of ketones is 1. The number of rotatable bonds is 4. The maximum atomic E-state index is 12.8. The van der Waals surface area contributed by atoms with Crippen molar-refractivity contribution >= 4 is 39.0 Å². The van der Waals surface area contributed by atoms with Crippen LogP contribution in [0.25, 0.3) is 0 Å². The van der Waals surface area contributed by atoms with Gasteiger partial charge in [-0.15, -0.1) is 0 Å². The Kier molecular flexibility index (Phi) is 5.06. The lowest BCUT2D eigenvalue weighted by atomic mass is 9.96. The molecule has 0 bridgehead atoms. The molecule has 0 aliphatic heterocycles. The van der Waals surface area contributed by atoms with Gasteiger partial charge in [-0.3, -0.25) is 14.9 Å². The number of hydrogen-bond donors (Lipinski definition) is 0. The van der Waals surface area contributed by atoms with Crippen LogP contribution in [-0.4, -0.2) is 17.8 Å². The maximum absolute atomic E-state index is 12.8. The van der Waals surface area contributed by atoms with E-state index in [9.17, 15) is 14.9 Å². The topological polar surface area (TPSA) is 69.4 Å². The van der Waals surface area contributed by atoms with Crippen LogP contribution in [0.1, 0.15) is 27.0 Å². The van der Waals surface area contributed by atoms with E-state index < -0.39 is 4.92 Å². The predicted octanol–water partition coefficient (Wildman–Crippen LogP) is 4.87. The first kappa shape index (κ1) is 17.4. The van der Waals surface area contributed by atoms with E-state index in [2.05, 4.69) is 15.9 Å². The molecular weight excluding hydrogens is 386 g/mol. The summed E-state index contributed by atoms with van der Waals surface area (Å²) in [5.74, 6) is 0.270. The minimum absolute atomic E-state index is 0.0976. The van der Waals surface area contributed by atoms with E-state index in [4.69, 9.17) is 16.3 Å². The molecule has 0 atom stereocenters. The molecule has 0 radical (unpaired) electrons. The van der Waals surface area contributed by atoms with Crippen molar-refractivity contribution in [2.75, 3.05) is 7.11 Å². The summed E-state index contributed by atoms with van der Waals surface area (Å²) in [5, 5.41) is 11.1. The SMILES string of the molecule is COc1c(C)cc(C(=O)c2cc([N+](=O)[O-])ccc2Cl)c(C)c1Br. The Bertz CT molecular complexity index is 820. The molecule has 0 saturated carbocycles. The number of hydrogen-bond acceptors (Lipinski definition) is 4. The van der Waals surface area contributed by atoms with Crippen LogP contribution in [0.3, 0.4) is 0 Å². The first-order chi connectivity index (χ1) is 10.8. The Hall–Kier alpha value is -1.92. The third-order valence-electron chi connectivity index (χ3n) is 3.51. The van der Waals surface area contributed by atoms with Gasteiger partial charge in [-0.25, -0.2) is 0 Å². The molecule has 0 aliphatic carbocycles. The molecule has 0 saturated heterocycles. The number of nitrogens with zero attached hydrogens (tertiary/aromatic N) is 1. The fourth-order valence-corrected chi connectivity index (χ4v) is 3.18. The average Bonchev–Trinajstić information content (AvgIpc) is 2.51. The molecule has 2 aromatic rings. The van der Waals surface area contributed by atoms with Crippen LogP contribution >= 0.6 is 27.5 Å². The second-order valence-corrected chi connectivity index (χ2v) is 6.16. The number of carbonyl (C=O) groups is 1. The summed E-state index contributed by atoms with van der Waals surface area (Å²) in [4.78, 5) is 23.1. The van der Waals surface area contributed by atoms with E-state index in [1.807, 2.05) is 6.92 Å². The van der Waals surface area contributed by atoms with Crippen molar-refractivity contribution in [1.29, 1.82) is 0 Å². The van der Waals surface area contributed by atoms with Gasteiger partial charge in [0.15, 0.2) is 5.78 Å². The summed E-state index contributed by atoms with van der Waals surface area (Å²) in [5.41, 5.74) is 1.78. The Labute approximate surface area is 146 Å². The van der Waals surface area contributed by atoms with Crippen LogP contribution in [0.2, 0.25) is 5.02 Å². The quantitative estimate of drug-likeness (QED) is 0.419. The minimum Gasteiger partial charge on any atom is -0.495 e. The lowest BCUT2D eigenvalue weighted by Gasteiger charge is -2.14. The van der Waals surface area contributed by atoms with E-state index >= 15 is 0 Å². The number of non-ortho nitro benzene ring substituents is 1. The summed E-state index contributed by atoms with van der Waals surface area (Å²) >= 11 is 9.48. The normalized spacial score (nSPS) is 10.5. The molecule has 5 nitrogen and oxygen atoms in total. The Morgan fingerprint density at radius 2 is 1.91 bits per heavy atom. The van der Waals surface area contributed by atoms with E-state index in [1.54, 1.807) is 20.1 Å². The number of nitro benzene ring substituents is 1. The Morgan fingerprint density at radius 1 is 1.26 bits per heavy atom. The van der Waals surface area contributed by atoms with Gasteiger partial charge in [-0.2, -0.15) is 0 Å². The molecule has 0 fully saturated rings. The minimum atomic E-state index is -0.560. The molecule has 2 rings (SSSR count). The average molecular weight is 399 g/mol. The summed E-state index contributed by atoms with van der Waals surface area (Å²) in [6.07, 6.45) is 0. The van der Waals surface area contributed by atoms with Gasteiger partial charge < -0.3 is 4.74 Å². The zero-order valence-corrected chi connectivity index (χ0v) is 15.0. The highest BCUT2D eigenvalue weighted by Crippen LogP contribution is 2.36. The van der Waals surface area contributed by atoms with Crippen molar-refractivity contribution in [2.45, 2.75) is 13.8 Å². The van der Waals surface area contributed by atoms with Crippen LogP contribution in [0.4, 0.5) is 5.69 Å². The highest BCUT2D eigenvalue weighted by Gasteiger charge is 2.22. The van der Waals surface area contributed by atoms with Crippen molar-refractivity contribution in [1.82, 2.24) is 0 Å². The van der Waals surface area contributed by atoms with Crippen molar-refractivity contribution < 1.29 is 14.5 Å². The summed E-state index contributed by atoms with van der Waals surface area (Å²) < 4.78 is 5.97. The van der Waals surface area contributed by atoms with Crippen LogP contribution in [0.5, 0.6) is 5.75 Å². The van der Waals surface area contributed by atoms with Gasteiger partial charge in [0.05, 0.1) is 21.5 Å². The molecular formula is C16H13BrClNO4. The molecule has 0 N–H and O–H groups in total. The Balaban J connectivity index is 2.62. The van der Waals surface area contributed by atoms with E-state index in [-0.39, 0.29) is 22.1 Å². The smallest absolute Gasteiger partial charge is 0.270 e. The molecule has 0 amide bonds. The van der Waals surface area contributed by atoms with Gasteiger partial charge in [0.25, 0.3) is 5.69 Å². The molecule has 7 heteroatoms. The summed E-state index contributed by atoms with van der Waals surface area (Å²) in [7, 11) is 1.55. The van der Waals surface area contributed by atoms with Crippen LogP contribution in [0, 0.1) is 24.0 Å². The van der Waals surface area contributed by atoms with Crippen LogP contribution in [-0.2, 0) is 0 Å². The van der Waals surface area contributed by atoms with Crippen molar-refractivity contribution in [3.63, 3.8) is 0 Å². The fraction of sp³-hybridized carbons (Fsp3) is 0.188. The molecule has 120 valence electrons. The van der Waals surface area contributed by atoms with Gasteiger partial charge in [-0.1, -0.05) is 11.6 Å². The summed E-state index contributed by atoms with van der Waals surface area (Å²) in [6.45, 7) is 3.58. The number of methoxy groups -OCH3 is 1. The number of nitro groups is 1. The number of benzene rings is 2. The van der Waals surface area contributed by atoms with Gasteiger partial charge in [0, 0.05) is 23.3 Å². The van der Waals surface area contributed by atoms with Crippen molar-refractivity contribution in [3.8, 4) is 5.75 Å². The third-order valence-corrected chi connectivity index (χ3v) is 4.79. The largest absolute Gasteiger partial charge is 0.495 e. The van der Waals surface area contributed by atoms with Crippen molar-refractivity contribution in [3.05, 3.63) is 66.1 Å². The van der Waals surface area contributed by atoms with E-state index in [1.165, 1.54) is 18.2 Å². The second kappa shape index (κ2) is 6.68. The van der Waals surface area contributed by atoms with E-state index in [0.29, 0.717) is 21.3 Å². The van der Waals surface area contributed by atoms with E-state index in [0.717, 1.165) is 5.56 Å². The summed E-state index contributed by atoms with van der Waals surface area (Å²) in [6, 6.07) is 5.50. The number of halogens is 2. The molecule has 0 aromatic heterocycles. The fourth-order valence-electron chi connectivity index (χ4n) is 2.28. The highest BCUT2D eigenvalue weighted by atomic mass is 79.9. The third kappa shape index (κ3) is 3.23. The maximum Gasteiger partial charge on any atom is 0.270 e. The van der Waals surface area contributed by atoms with Crippen LogP contribution < -0.4 is 4.74 Å². The lowest BCUT2D eigenvalue weighted by molar-refractivity contribution is -0.384. The highest BCUT2D eigenvalue weighted by molar-refractivity contribution is 9.10. The monoisotopic (exact) mass is 397 g/mol. The molecule has 2 aromatic carbocycles. The Morgan fingerprint density at radius 3 is 2.48 bits per heavy atom. The molecule has 0 heterocycles. The molecule has 23 heavy (non-hydrogen) atoms. The standard InChI is InChI=1S/C16H13BrClNO4/c1-8-6-11(9(2)14(17)16(8)23-3)15(20)12-7-10(19(21)22)4-5-13(12)18/h4-7H,1-3H3. The second-order valence-electron chi connectivity index (χ2n) is 4.96. The van der Waals surface area contributed by atoms with Crippen LogP contribution in [0.15, 0.2) is 28.7 Å². The number of aryl methyl sites for hydroxylation is 1.